The van der Waals surface area contributed by atoms with Crippen LogP contribution in [0.25, 0.3) is 0 Å². The van der Waals surface area contributed by atoms with Gasteiger partial charge in [-0.2, -0.15) is 0 Å². The molecule has 0 heterocycles. The molecule has 0 aliphatic heterocycles. The molecule has 0 aromatic rings. The van der Waals surface area contributed by atoms with Gasteiger partial charge in [0.1, 0.15) is 0 Å². The minimum absolute atomic E-state index is 0.351. The van der Waals surface area contributed by atoms with E-state index in [9.17, 15) is 0 Å². The van der Waals surface area contributed by atoms with Crippen molar-refractivity contribution >= 4 is 0 Å². The average Bonchev–Trinajstić information content (AvgIpc) is 2.72. The molecule has 0 aromatic carbocycles. The third kappa shape index (κ3) is 2.23. The number of hydrogen-bond acceptors (Lipinski definition) is 0. The van der Waals surface area contributed by atoms with Gasteiger partial charge in [0.25, 0.3) is 0 Å². The van der Waals surface area contributed by atoms with Gasteiger partial charge in [0.2, 0.25) is 0 Å². The highest BCUT2D eigenvalue weighted by Gasteiger charge is 2.38. The maximum absolute atomic E-state index is 2.55. The van der Waals surface area contributed by atoms with Crippen molar-refractivity contribution in [2.45, 2.75) is 60.8 Å². The minimum atomic E-state index is 0.351. The van der Waals surface area contributed by atoms with Gasteiger partial charge in [-0.15, -0.1) is 0 Å². The van der Waals surface area contributed by atoms with E-state index in [0.717, 1.165) is 17.8 Å². The van der Waals surface area contributed by atoms with Gasteiger partial charge in [0.05, 0.1) is 0 Å². The first-order valence-corrected chi connectivity index (χ1v) is 7.28. The van der Waals surface area contributed by atoms with E-state index in [0.29, 0.717) is 5.41 Å². The second-order valence-electron chi connectivity index (χ2n) is 7.27. The van der Waals surface area contributed by atoms with Crippen molar-refractivity contribution in [3.63, 3.8) is 0 Å². The molecular formula is C17H28. The quantitative estimate of drug-likeness (QED) is 0.601. The summed E-state index contributed by atoms with van der Waals surface area (Å²) < 4.78 is 0. The molecule has 0 heteroatoms. The first kappa shape index (κ1) is 12.9. The smallest absolute Gasteiger partial charge is 0.00911 e. The molecule has 2 aliphatic carbocycles. The van der Waals surface area contributed by atoms with E-state index >= 15 is 0 Å². The van der Waals surface area contributed by atoms with E-state index in [1.165, 1.54) is 19.3 Å². The van der Waals surface area contributed by atoms with Crippen LogP contribution in [-0.2, 0) is 0 Å². The molecule has 0 amide bonds. The molecule has 2 rings (SSSR count). The fourth-order valence-electron chi connectivity index (χ4n) is 3.48. The normalized spacial score (nSPS) is 29.0. The Morgan fingerprint density at radius 2 is 1.94 bits per heavy atom. The number of rotatable bonds is 2. The van der Waals surface area contributed by atoms with Gasteiger partial charge >= 0.3 is 0 Å². The van der Waals surface area contributed by atoms with Gasteiger partial charge in [-0.25, -0.2) is 0 Å². The van der Waals surface area contributed by atoms with Crippen LogP contribution >= 0.6 is 0 Å². The third-order valence-electron chi connectivity index (χ3n) is 4.77. The van der Waals surface area contributed by atoms with Crippen LogP contribution in [0.5, 0.6) is 0 Å². The van der Waals surface area contributed by atoms with Gasteiger partial charge in [0.15, 0.2) is 0 Å². The molecule has 0 saturated heterocycles. The molecule has 0 N–H and O–H groups in total. The van der Waals surface area contributed by atoms with E-state index in [2.05, 4.69) is 47.6 Å². The maximum Gasteiger partial charge on any atom is -0.00911 e. The van der Waals surface area contributed by atoms with Crippen LogP contribution in [-0.4, -0.2) is 0 Å². The van der Waals surface area contributed by atoms with Crippen molar-refractivity contribution in [3.05, 3.63) is 22.8 Å². The van der Waals surface area contributed by atoms with Gasteiger partial charge in [0, 0.05) is 0 Å². The van der Waals surface area contributed by atoms with Crippen LogP contribution in [0.3, 0.4) is 0 Å². The Hall–Kier alpha value is -0.520. The molecule has 0 spiro atoms. The summed E-state index contributed by atoms with van der Waals surface area (Å²) in [5.41, 5.74) is 5.52. The molecule has 0 fully saturated rings. The zero-order valence-corrected chi connectivity index (χ0v) is 12.4. The van der Waals surface area contributed by atoms with Gasteiger partial charge in [-0.05, 0) is 48.0 Å². The summed E-state index contributed by atoms with van der Waals surface area (Å²) in [6, 6.07) is 0. The summed E-state index contributed by atoms with van der Waals surface area (Å²) in [5.74, 6) is 2.51. The van der Waals surface area contributed by atoms with Crippen molar-refractivity contribution in [1.82, 2.24) is 0 Å². The molecule has 17 heavy (non-hydrogen) atoms. The Kier molecular flexibility index (Phi) is 3.27. The average molecular weight is 232 g/mol. The number of hydrogen-bond donors (Lipinski definition) is 0. The molecule has 0 bridgehead atoms. The van der Waals surface area contributed by atoms with Crippen LogP contribution in [0.2, 0.25) is 0 Å². The Labute approximate surface area is 107 Å². The maximum atomic E-state index is 2.55. The lowest BCUT2D eigenvalue weighted by Gasteiger charge is -2.25. The van der Waals surface area contributed by atoms with Gasteiger partial charge in [-0.1, -0.05) is 58.8 Å². The lowest BCUT2D eigenvalue weighted by molar-refractivity contribution is 0.383. The Bertz CT molecular complexity index is 360. The van der Waals surface area contributed by atoms with E-state index in [-0.39, 0.29) is 0 Å². The van der Waals surface area contributed by atoms with Crippen molar-refractivity contribution in [3.8, 4) is 0 Å². The highest BCUT2D eigenvalue weighted by molar-refractivity contribution is 5.46. The summed E-state index contributed by atoms with van der Waals surface area (Å²) in [4.78, 5) is 0. The van der Waals surface area contributed by atoms with Crippen molar-refractivity contribution in [1.29, 1.82) is 0 Å². The Balaban J connectivity index is 2.27. The SMILES string of the molecule is CCC1CC(C(C)C)C2=C1C=C(C(C)(C)C)C2. The fourth-order valence-corrected chi connectivity index (χ4v) is 3.48. The highest BCUT2D eigenvalue weighted by Crippen LogP contribution is 2.51. The lowest BCUT2D eigenvalue weighted by atomic mass is 9.80. The van der Waals surface area contributed by atoms with E-state index in [1.54, 1.807) is 16.7 Å². The summed E-state index contributed by atoms with van der Waals surface area (Å²) in [6.07, 6.45) is 6.53. The molecule has 2 atom stereocenters. The molecule has 0 saturated carbocycles. The molecule has 0 radical (unpaired) electrons. The predicted molar refractivity (Wildman–Crippen MR) is 75.9 cm³/mol. The van der Waals surface area contributed by atoms with Gasteiger partial charge in [-0.3, -0.25) is 0 Å². The minimum Gasteiger partial charge on any atom is -0.0648 e. The standard InChI is InChI=1S/C17H28/c1-7-12-8-14(11(2)3)16-10-13(9-15(12)16)17(4,5)6/h9,11-12,14H,7-8,10H2,1-6H3. The first-order valence-electron chi connectivity index (χ1n) is 7.28. The monoisotopic (exact) mass is 232 g/mol. The third-order valence-corrected chi connectivity index (χ3v) is 4.77. The Morgan fingerprint density at radius 1 is 1.29 bits per heavy atom. The fraction of sp³-hybridized carbons (Fsp3) is 0.765. The van der Waals surface area contributed by atoms with Crippen molar-refractivity contribution < 1.29 is 0 Å². The number of allylic oxidation sites excluding steroid dienone is 4. The zero-order valence-electron chi connectivity index (χ0n) is 12.4. The summed E-state index contributed by atoms with van der Waals surface area (Å²) in [5, 5.41) is 0. The second-order valence-corrected chi connectivity index (χ2v) is 7.27. The van der Waals surface area contributed by atoms with Crippen LogP contribution in [0.4, 0.5) is 0 Å². The zero-order chi connectivity index (χ0) is 12.8. The van der Waals surface area contributed by atoms with Crippen LogP contribution < -0.4 is 0 Å². The van der Waals surface area contributed by atoms with Crippen LogP contribution in [0.15, 0.2) is 22.8 Å². The summed E-state index contributed by atoms with van der Waals surface area (Å²) in [6.45, 7) is 14.2. The summed E-state index contributed by atoms with van der Waals surface area (Å²) >= 11 is 0. The molecule has 2 aliphatic rings. The predicted octanol–water partition coefficient (Wildman–Crippen LogP) is 5.36. The van der Waals surface area contributed by atoms with E-state index < -0.39 is 0 Å². The molecule has 0 nitrogen and oxygen atoms in total. The first-order chi connectivity index (χ1) is 7.84. The van der Waals surface area contributed by atoms with Crippen LogP contribution in [0.1, 0.15) is 60.8 Å². The topological polar surface area (TPSA) is 0 Å². The summed E-state index contributed by atoms with van der Waals surface area (Å²) in [7, 11) is 0. The van der Waals surface area contributed by atoms with Crippen LogP contribution in [0, 0.1) is 23.2 Å². The molecule has 0 aromatic heterocycles. The van der Waals surface area contributed by atoms with Crippen molar-refractivity contribution in [2.75, 3.05) is 0 Å². The largest absolute Gasteiger partial charge is 0.0648 e. The lowest BCUT2D eigenvalue weighted by Crippen LogP contribution is -2.13. The van der Waals surface area contributed by atoms with Crippen molar-refractivity contribution in [2.24, 2.45) is 23.2 Å². The Morgan fingerprint density at radius 3 is 2.41 bits per heavy atom. The highest BCUT2D eigenvalue weighted by atomic mass is 14.4. The van der Waals surface area contributed by atoms with E-state index in [4.69, 9.17) is 0 Å². The molecular weight excluding hydrogens is 204 g/mol. The molecule has 96 valence electrons. The van der Waals surface area contributed by atoms with Gasteiger partial charge < -0.3 is 0 Å². The van der Waals surface area contributed by atoms with E-state index in [1.807, 2.05) is 0 Å². The molecule has 2 unspecified atom stereocenters. The second kappa shape index (κ2) is 4.30.